The molecule has 1 aliphatic carbocycles. The number of piperidine rings is 1. The second-order valence-corrected chi connectivity index (χ2v) is 13.6. The second kappa shape index (κ2) is 12.3. The van der Waals surface area contributed by atoms with Crippen LogP contribution >= 0.6 is 0 Å². The number of nitrogens with one attached hydrogen (secondary N) is 1. The van der Waals surface area contributed by atoms with Crippen LogP contribution < -0.4 is 9.64 Å². The van der Waals surface area contributed by atoms with Gasteiger partial charge in [0.15, 0.2) is 0 Å². The van der Waals surface area contributed by atoms with Crippen LogP contribution in [0.1, 0.15) is 65.6 Å². The van der Waals surface area contributed by atoms with Gasteiger partial charge in [-0.3, -0.25) is 14.7 Å². The van der Waals surface area contributed by atoms with Crippen molar-refractivity contribution in [1.29, 1.82) is 0 Å². The fourth-order valence-corrected chi connectivity index (χ4v) is 6.95. The number of amides is 1. The molecule has 1 saturated carbocycles. The lowest BCUT2D eigenvalue weighted by molar-refractivity contribution is -0.00732. The van der Waals surface area contributed by atoms with Crippen LogP contribution in [0, 0.1) is 11.6 Å². The number of hydrogen-bond donors (Lipinski definition) is 3. The first-order chi connectivity index (χ1) is 23.7. The molecule has 3 N–H and O–H groups in total. The molecule has 49 heavy (non-hydrogen) atoms. The maximum absolute atomic E-state index is 15.4. The van der Waals surface area contributed by atoms with Crippen molar-refractivity contribution >= 4 is 22.6 Å². The number of halogens is 2. The van der Waals surface area contributed by atoms with Crippen LogP contribution in [0.15, 0.2) is 55.0 Å². The molecule has 2 aliphatic heterocycles. The molecule has 10 nitrogen and oxygen atoms in total. The topological polar surface area (TPSA) is 128 Å². The number of pyridine rings is 1. The summed E-state index contributed by atoms with van der Waals surface area (Å²) in [5, 5.41) is 21.5. The summed E-state index contributed by atoms with van der Waals surface area (Å²) < 4.78 is 36.7. The zero-order chi connectivity index (χ0) is 33.9. The molecule has 5 heterocycles. The van der Waals surface area contributed by atoms with Crippen LogP contribution in [0.3, 0.4) is 0 Å². The standard InChI is InChI=1S/C37H36F2N6O4/c1-37(48)6-8-44(9-7-37)18-21-2-5-29(40-17-21)30-16-26-34(41-20-42-35(26)43-30)25-14-24(38)15-31(27(25)19-46)45-10-11-49-32-13-23(22-3-4-22)12-28(39)33(32)36(45)47/h2,5,12-17,20,22,46,48H,3-4,6-11,18-19H2,1H3,(H,41,42,43). The number of hydrogen-bond acceptors (Lipinski definition) is 8. The van der Waals surface area contributed by atoms with Gasteiger partial charge in [0, 0.05) is 42.3 Å². The van der Waals surface area contributed by atoms with E-state index in [0.29, 0.717) is 28.1 Å². The number of anilines is 1. The van der Waals surface area contributed by atoms with E-state index < -0.39 is 29.7 Å². The van der Waals surface area contributed by atoms with E-state index in [1.165, 1.54) is 29.4 Å². The third-order valence-corrected chi connectivity index (χ3v) is 9.92. The van der Waals surface area contributed by atoms with Gasteiger partial charge in [-0.2, -0.15) is 0 Å². The minimum atomic E-state index is -0.682. The number of benzene rings is 2. The van der Waals surface area contributed by atoms with Crippen molar-refractivity contribution in [2.45, 2.75) is 57.3 Å². The first-order valence-corrected chi connectivity index (χ1v) is 16.6. The summed E-state index contributed by atoms with van der Waals surface area (Å²) in [6.45, 7) is 3.81. The lowest BCUT2D eigenvalue weighted by atomic mass is 9.94. The predicted octanol–water partition coefficient (Wildman–Crippen LogP) is 5.72. The van der Waals surface area contributed by atoms with Gasteiger partial charge in [0.25, 0.3) is 5.91 Å². The van der Waals surface area contributed by atoms with Gasteiger partial charge < -0.3 is 24.8 Å². The van der Waals surface area contributed by atoms with Crippen molar-refractivity contribution < 1.29 is 28.5 Å². The van der Waals surface area contributed by atoms with Crippen LogP contribution in [-0.2, 0) is 13.2 Å². The summed E-state index contributed by atoms with van der Waals surface area (Å²) >= 11 is 0. The second-order valence-electron chi connectivity index (χ2n) is 13.6. The number of nitrogens with zero attached hydrogens (tertiary/aromatic N) is 5. The summed E-state index contributed by atoms with van der Waals surface area (Å²) in [5.74, 6) is -1.56. The Labute approximate surface area is 281 Å². The molecule has 2 aromatic carbocycles. The number of aliphatic hydroxyl groups is 2. The van der Waals surface area contributed by atoms with Gasteiger partial charge in [0.2, 0.25) is 0 Å². The zero-order valence-corrected chi connectivity index (χ0v) is 27.0. The number of carbonyl (C=O) groups is 1. The highest BCUT2D eigenvalue weighted by Gasteiger charge is 2.34. The molecule has 3 aliphatic rings. The van der Waals surface area contributed by atoms with Gasteiger partial charge >= 0.3 is 0 Å². The molecule has 0 atom stereocenters. The number of rotatable bonds is 7. The Morgan fingerprint density at radius 2 is 1.86 bits per heavy atom. The molecule has 0 unspecified atom stereocenters. The third-order valence-electron chi connectivity index (χ3n) is 9.92. The third kappa shape index (κ3) is 6.04. The van der Waals surface area contributed by atoms with E-state index in [-0.39, 0.29) is 47.2 Å². The van der Waals surface area contributed by atoms with Gasteiger partial charge in [-0.15, -0.1) is 0 Å². The number of ether oxygens (including phenoxy) is 1. The molecule has 252 valence electrons. The van der Waals surface area contributed by atoms with E-state index in [1.807, 2.05) is 31.3 Å². The van der Waals surface area contributed by atoms with Crippen molar-refractivity contribution in [3.63, 3.8) is 0 Å². The largest absolute Gasteiger partial charge is 0.491 e. The first kappa shape index (κ1) is 31.5. The Balaban J connectivity index is 1.12. The molecule has 1 amide bonds. The quantitative estimate of drug-likeness (QED) is 0.201. The van der Waals surface area contributed by atoms with Gasteiger partial charge in [-0.25, -0.2) is 18.7 Å². The number of carbonyl (C=O) groups excluding carboxylic acids is 1. The van der Waals surface area contributed by atoms with Gasteiger partial charge in [0.05, 0.1) is 41.5 Å². The Hall–Kier alpha value is -4.78. The number of fused-ring (bicyclic) bond motifs is 2. The Bertz CT molecular complexity index is 2070. The van der Waals surface area contributed by atoms with E-state index in [2.05, 4.69) is 24.8 Å². The first-order valence-electron chi connectivity index (χ1n) is 16.6. The average Bonchev–Trinajstić information content (AvgIpc) is 3.87. The van der Waals surface area contributed by atoms with Gasteiger partial charge in [0.1, 0.15) is 41.5 Å². The predicted molar refractivity (Wildman–Crippen MR) is 179 cm³/mol. The molecule has 12 heteroatoms. The summed E-state index contributed by atoms with van der Waals surface area (Å²) in [6, 6.07) is 11.3. The van der Waals surface area contributed by atoms with Gasteiger partial charge in [-0.1, -0.05) is 6.07 Å². The number of H-pyrrole nitrogens is 1. The highest BCUT2D eigenvalue weighted by Crippen LogP contribution is 2.44. The summed E-state index contributed by atoms with van der Waals surface area (Å²) in [5.41, 5.74) is 3.90. The Morgan fingerprint density at radius 3 is 2.59 bits per heavy atom. The minimum Gasteiger partial charge on any atom is -0.491 e. The molecule has 0 radical (unpaired) electrons. The Kier molecular flexibility index (Phi) is 7.89. The number of likely N-dealkylation sites (tertiary alicyclic amines) is 1. The number of aromatic nitrogens is 4. The average molecular weight is 667 g/mol. The van der Waals surface area contributed by atoms with Crippen molar-refractivity contribution in [3.05, 3.63) is 88.9 Å². The van der Waals surface area contributed by atoms with Crippen LogP contribution in [0.25, 0.3) is 33.7 Å². The maximum Gasteiger partial charge on any atom is 0.265 e. The summed E-state index contributed by atoms with van der Waals surface area (Å²) in [4.78, 5) is 34.3. The highest BCUT2D eigenvalue weighted by atomic mass is 19.1. The molecule has 8 rings (SSSR count). The van der Waals surface area contributed by atoms with Crippen LogP contribution in [-0.4, -0.2) is 72.8 Å². The summed E-state index contributed by atoms with van der Waals surface area (Å²) in [7, 11) is 0. The monoisotopic (exact) mass is 666 g/mol. The molecule has 3 aromatic heterocycles. The van der Waals surface area contributed by atoms with E-state index in [4.69, 9.17) is 4.74 Å². The number of aliphatic hydroxyl groups excluding tert-OH is 1. The smallest absolute Gasteiger partial charge is 0.265 e. The van der Waals surface area contributed by atoms with Crippen LogP contribution in [0.4, 0.5) is 14.5 Å². The fraction of sp³-hybridized carbons (Fsp3) is 0.351. The normalized spacial score (nSPS) is 18.0. The molecule has 2 fully saturated rings. The molecular weight excluding hydrogens is 630 g/mol. The maximum atomic E-state index is 15.4. The lowest BCUT2D eigenvalue weighted by Gasteiger charge is -2.35. The zero-order valence-electron chi connectivity index (χ0n) is 27.0. The van der Waals surface area contributed by atoms with E-state index in [0.717, 1.165) is 56.4 Å². The van der Waals surface area contributed by atoms with Gasteiger partial charge in [-0.05, 0) is 86.1 Å². The molecule has 5 aromatic rings. The van der Waals surface area contributed by atoms with E-state index >= 15 is 8.78 Å². The fourth-order valence-electron chi connectivity index (χ4n) is 6.95. The van der Waals surface area contributed by atoms with Crippen LogP contribution in [0.2, 0.25) is 0 Å². The molecule has 0 spiro atoms. The minimum absolute atomic E-state index is 0.0232. The Morgan fingerprint density at radius 1 is 1.04 bits per heavy atom. The number of aromatic amines is 1. The highest BCUT2D eigenvalue weighted by molar-refractivity contribution is 6.09. The lowest BCUT2D eigenvalue weighted by Crippen LogP contribution is -2.41. The molecule has 0 bridgehead atoms. The van der Waals surface area contributed by atoms with Crippen molar-refractivity contribution in [1.82, 2.24) is 24.8 Å². The van der Waals surface area contributed by atoms with E-state index in [9.17, 15) is 15.0 Å². The van der Waals surface area contributed by atoms with Crippen molar-refractivity contribution in [2.75, 3.05) is 31.1 Å². The SMILES string of the molecule is CC1(O)CCN(Cc2ccc(-c3cc4c(-c5cc(F)cc(N6CCOc7cc(C8CC8)cc(F)c7C6=O)c5CO)ncnc4[nH]3)nc2)CC1. The summed E-state index contributed by atoms with van der Waals surface area (Å²) in [6.07, 6.45) is 6.59. The van der Waals surface area contributed by atoms with Crippen molar-refractivity contribution in [3.8, 4) is 28.4 Å². The molecular formula is C37H36F2N6O4. The van der Waals surface area contributed by atoms with E-state index in [1.54, 1.807) is 6.07 Å². The molecule has 1 saturated heterocycles. The van der Waals surface area contributed by atoms with Crippen molar-refractivity contribution in [2.24, 2.45) is 0 Å². The van der Waals surface area contributed by atoms with Crippen LogP contribution in [0.5, 0.6) is 5.75 Å².